The molecule has 2 saturated carbocycles. The highest BCUT2D eigenvalue weighted by Gasteiger charge is 2.38. The molecule has 0 spiro atoms. The monoisotopic (exact) mass is 364 g/mol. The molecule has 0 aliphatic heterocycles. The van der Waals surface area contributed by atoms with Crippen molar-refractivity contribution in [3.8, 4) is 0 Å². The normalized spacial score (nSPS) is 32.7. The third kappa shape index (κ3) is 7.17. The van der Waals surface area contributed by atoms with Crippen LogP contribution in [-0.2, 0) is 4.74 Å². The Kier molecular flexibility index (Phi) is 10.6. The minimum absolute atomic E-state index is 0.246. The van der Waals surface area contributed by atoms with Gasteiger partial charge in [0.05, 0.1) is 5.60 Å². The van der Waals surface area contributed by atoms with E-state index < -0.39 is 0 Å². The van der Waals surface area contributed by atoms with E-state index in [4.69, 9.17) is 4.74 Å². The fraction of sp³-hybridized carbons (Fsp3) is 1.00. The zero-order valence-electron chi connectivity index (χ0n) is 18.4. The average Bonchev–Trinajstić information content (AvgIpc) is 2.67. The van der Waals surface area contributed by atoms with E-state index in [0.29, 0.717) is 0 Å². The predicted molar refractivity (Wildman–Crippen MR) is 115 cm³/mol. The van der Waals surface area contributed by atoms with Crippen molar-refractivity contribution in [2.45, 2.75) is 136 Å². The first-order valence-corrected chi connectivity index (χ1v) is 12.4. The molecular formula is C25H48O. The summed E-state index contributed by atoms with van der Waals surface area (Å²) >= 11 is 0. The van der Waals surface area contributed by atoms with E-state index in [-0.39, 0.29) is 5.60 Å². The highest BCUT2D eigenvalue weighted by atomic mass is 16.5. The van der Waals surface area contributed by atoms with Gasteiger partial charge in [-0.25, -0.2) is 0 Å². The lowest BCUT2D eigenvalue weighted by Gasteiger charge is -2.44. The number of ether oxygens (including phenoxy) is 1. The summed E-state index contributed by atoms with van der Waals surface area (Å²) in [7, 11) is 0. The fourth-order valence-electron chi connectivity index (χ4n) is 5.92. The molecule has 0 N–H and O–H groups in total. The number of rotatable bonds is 12. The van der Waals surface area contributed by atoms with Crippen LogP contribution >= 0.6 is 0 Å². The van der Waals surface area contributed by atoms with Gasteiger partial charge in [0.2, 0.25) is 0 Å². The van der Waals surface area contributed by atoms with Gasteiger partial charge in [0.1, 0.15) is 0 Å². The van der Waals surface area contributed by atoms with Crippen molar-refractivity contribution >= 4 is 0 Å². The van der Waals surface area contributed by atoms with Gasteiger partial charge in [-0.2, -0.15) is 0 Å². The molecule has 2 aliphatic carbocycles. The van der Waals surface area contributed by atoms with Gasteiger partial charge in [0.15, 0.2) is 0 Å². The maximum atomic E-state index is 6.36. The molecule has 0 aromatic carbocycles. The van der Waals surface area contributed by atoms with E-state index >= 15 is 0 Å². The van der Waals surface area contributed by atoms with Crippen LogP contribution in [0.5, 0.6) is 0 Å². The standard InChI is InChI=1S/C25H48O/c1-4-7-9-11-19-25(26-6-3)20-17-24(18-21-25)23-15-13-22(14-16-23)12-10-8-5-2/h22-24H,4-21H2,1-3H3/t22?,23?,24-,25+. The summed E-state index contributed by atoms with van der Waals surface area (Å²) in [4.78, 5) is 0. The minimum atomic E-state index is 0.246. The van der Waals surface area contributed by atoms with E-state index in [1.54, 1.807) is 0 Å². The van der Waals surface area contributed by atoms with E-state index in [0.717, 1.165) is 24.4 Å². The molecule has 0 radical (unpaired) electrons. The quantitative estimate of drug-likeness (QED) is 0.316. The van der Waals surface area contributed by atoms with Crippen LogP contribution in [-0.4, -0.2) is 12.2 Å². The van der Waals surface area contributed by atoms with Crippen molar-refractivity contribution in [2.24, 2.45) is 17.8 Å². The van der Waals surface area contributed by atoms with Gasteiger partial charge < -0.3 is 4.74 Å². The second kappa shape index (κ2) is 12.4. The van der Waals surface area contributed by atoms with E-state index in [1.807, 2.05) is 0 Å². The molecule has 0 heterocycles. The van der Waals surface area contributed by atoms with Crippen molar-refractivity contribution in [3.05, 3.63) is 0 Å². The lowest BCUT2D eigenvalue weighted by molar-refractivity contribution is -0.0855. The smallest absolute Gasteiger partial charge is 0.0682 e. The van der Waals surface area contributed by atoms with Crippen LogP contribution < -0.4 is 0 Å². The van der Waals surface area contributed by atoms with Gasteiger partial charge in [-0.3, -0.25) is 0 Å². The molecule has 1 heteroatoms. The Bertz CT molecular complexity index is 334. The molecule has 0 aromatic rings. The second-order valence-electron chi connectivity index (χ2n) is 9.54. The molecule has 0 bridgehead atoms. The van der Waals surface area contributed by atoms with E-state index in [9.17, 15) is 0 Å². The Balaban J connectivity index is 1.71. The van der Waals surface area contributed by atoms with Crippen LogP contribution in [0.4, 0.5) is 0 Å². The van der Waals surface area contributed by atoms with Gasteiger partial charge in [-0.15, -0.1) is 0 Å². The third-order valence-electron chi connectivity index (χ3n) is 7.65. The first-order chi connectivity index (χ1) is 12.7. The molecule has 0 atom stereocenters. The van der Waals surface area contributed by atoms with Crippen molar-refractivity contribution in [3.63, 3.8) is 0 Å². The summed E-state index contributed by atoms with van der Waals surface area (Å²) in [6.45, 7) is 7.73. The van der Waals surface area contributed by atoms with Gasteiger partial charge in [-0.05, 0) is 69.6 Å². The van der Waals surface area contributed by atoms with Crippen molar-refractivity contribution in [1.29, 1.82) is 0 Å². The molecule has 0 saturated heterocycles. The van der Waals surface area contributed by atoms with Crippen molar-refractivity contribution in [2.75, 3.05) is 6.61 Å². The lowest BCUT2D eigenvalue weighted by atomic mass is 9.67. The Labute approximate surface area is 165 Å². The maximum Gasteiger partial charge on any atom is 0.0682 e. The predicted octanol–water partition coefficient (Wildman–Crippen LogP) is 8.31. The number of hydrogen-bond acceptors (Lipinski definition) is 1. The molecule has 26 heavy (non-hydrogen) atoms. The summed E-state index contributed by atoms with van der Waals surface area (Å²) in [5, 5.41) is 0. The van der Waals surface area contributed by atoms with Gasteiger partial charge in [0.25, 0.3) is 0 Å². The van der Waals surface area contributed by atoms with Crippen LogP contribution in [0, 0.1) is 17.8 Å². The van der Waals surface area contributed by atoms with Crippen LogP contribution in [0.3, 0.4) is 0 Å². The summed E-state index contributed by atoms with van der Waals surface area (Å²) in [5.74, 6) is 3.11. The van der Waals surface area contributed by atoms with Crippen LogP contribution in [0.1, 0.15) is 130 Å². The van der Waals surface area contributed by atoms with Gasteiger partial charge in [0, 0.05) is 6.61 Å². The second-order valence-corrected chi connectivity index (χ2v) is 9.54. The Morgan fingerprint density at radius 1 is 0.692 bits per heavy atom. The average molecular weight is 365 g/mol. The molecule has 0 aromatic heterocycles. The topological polar surface area (TPSA) is 9.23 Å². The summed E-state index contributed by atoms with van der Waals surface area (Å²) in [6, 6.07) is 0. The van der Waals surface area contributed by atoms with Crippen LogP contribution in [0.15, 0.2) is 0 Å². The highest BCUT2D eigenvalue weighted by Crippen LogP contribution is 2.45. The largest absolute Gasteiger partial charge is 0.375 e. The molecule has 2 rings (SSSR count). The minimum Gasteiger partial charge on any atom is -0.375 e. The Morgan fingerprint density at radius 2 is 1.31 bits per heavy atom. The molecule has 154 valence electrons. The number of hydrogen-bond donors (Lipinski definition) is 0. The van der Waals surface area contributed by atoms with Crippen molar-refractivity contribution in [1.82, 2.24) is 0 Å². The summed E-state index contributed by atoms with van der Waals surface area (Å²) in [6.07, 6.45) is 24.3. The van der Waals surface area contributed by atoms with Gasteiger partial charge >= 0.3 is 0 Å². The fourth-order valence-corrected chi connectivity index (χ4v) is 5.92. The lowest BCUT2D eigenvalue weighted by Crippen LogP contribution is -2.39. The number of unbranched alkanes of at least 4 members (excludes halogenated alkanes) is 5. The Morgan fingerprint density at radius 3 is 1.92 bits per heavy atom. The zero-order chi connectivity index (χ0) is 18.7. The molecule has 1 nitrogen and oxygen atoms in total. The maximum absolute atomic E-state index is 6.36. The third-order valence-corrected chi connectivity index (χ3v) is 7.65. The summed E-state index contributed by atoms with van der Waals surface area (Å²) in [5.41, 5.74) is 0.246. The summed E-state index contributed by atoms with van der Waals surface area (Å²) < 4.78 is 6.36. The van der Waals surface area contributed by atoms with Crippen molar-refractivity contribution < 1.29 is 4.74 Å². The molecule has 2 fully saturated rings. The first-order valence-electron chi connectivity index (χ1n) is 12.4. The molecule has 0 unspecified atom stereocenters. The molecule has 0 amide bonds. The van der Waals surface area contributed by atoms with E-state index in [2.05, 4.69) is 20.8 Å². The zero-order valence-corrected chi connectivity index (χ0v) is 18.4. The first kappa shape index (κ1) is 22.3. The Hall–Kier alpha value is -0.0400. The van der Waals surface area contributed by atoms with Crippen LogP contribution in [0.25, 0.3) is 0 Å². The highest BCUT2D eigenvalue weighted by molar-refractivity contribution is 4.90. The molecular weight excluding hydrogens is 316 g/mol. The van der Waals surface area contributed by atoms with Crippen LogP contribution in [0.2, 0.25) is 0 Å². The van der Waals surface area contributed by atoms with E-state index in [1.165, 1.54) is 109 Å². The SMILES string of the molecule is CCCCCC[C@]1(OCC)CC[C@@H](C2CCC(CCCCC)CC2)CC1. The molecule has 2 aliphatic rings. The van der Waals surface area contributed by atoms with Gasteiger partial charge in [-0.1, -0.05) is 78.1 Å².